The molecule has 0 spiro atoms. The summed E-state index contributed by atoms with van der Waals surface area (Å²) < 4.78 is 9.90. The van der Waals surface area contributed by atoms with E-state index >= 15 is 0 Å². The summed E-state index contributed by atoms with van der Waals surface area (Å²) in [6, 6.07) is 5.37. The zero-order valence-corrected chi connectivity index (χ0v) is 16.4. The molecule has 27 heavy (non-hydrogen) atoms. The Hall–Kier alpha value is -2.61. The Kier molecular flexibility index (Phi) is 12.3. The smallest absolute Gasteiger partial charge is 0.344 e. The molecule has 1 rings (SSSR count). The molecule has 0 saturated heterocycles. The normalized spacial score (nSPS) is 10.9. The molecule has 0 aliphatic heterocycles. The zero-order valence-electron chi connectivity index (χ0n) is 16.4. The minimum Gasteiger partial charge on any atom is -0.480 e. The molecule has 1 aromatic rings. The third kappa shape index (κ3) is 10.9. The number of nitrogens with two attached hydrogens (primary N) is 1. The van der Waals surface area contributed by atoms with Crippen LogP contribution in [0.4, 0.5) is 5.69 Å². The minimum atomic E-state index is -0.968. The van der Waals surface area contributed by atoms with Crippen LogP contribution in [0.2, 0.25) is 0 Å². The predicted octanol–water partition coefficient (Wildman–Crippen LogP) is 2.02. The number of aliphatic carboxylic acids is 1. The Morgan fingerprint density at radius 1 is 1.19 bits per heavy atom. The Labute approximate surface area is 160 Å². The SMILES string of the molecule is CCCCOC(=O)COC(=O)[C@H](C)Nc1c(C)cccc1C.NCC(=O)O. The number of hydrogen-bond donors (Lipinski definition) is 3. The average Bonchev–Trinajstić information content (AvgIpc) is 2.63. The molecule has 8 heteroatoms. The fourth-order valence-corrected chi connectivity index (χ4v) is 1.94. The van der Waals surface area contributed by atoms with Crippen LogP contribution >= 0.6 is 0 Å². The first-order valence-corrected chi connectivity index (χ1v) is 8.79. The number of carbonyl (C=O) groups excluding carboxylic acids is 2. The molecule has 1 aromatic carbocycles. The lowest BCUT2D eigenvalue weighted by molar-refractivity contribution is -0.159. The lowest BCUT2D eigenvalue weighted by Crippen LogP contribution is -2.30. The summed E-state index contributed by atoms with van der Waals surface area (Å²) in [5.41, 5.74) is 7.59. The van der Waals surface area contributed by atoms with Crippen molar-refractivity contribution >= 4 is 23.6 Å². The zero-order chi connectivity index (χ0) is 20.8. The molecular formula is C19H30N2O6. The van der Waals surface area contributed by atoms with E-state index < -0.39 is 23.9 Å². The molecular weight excluding hydrogens is 352 g/mol. The van der Waals surface area contributed by atoms with Gasteiger partial charge in [-0.2, -0.15) is 0 Å². The van der Waals surface area contributed by atoms with Crippen LogP contribution in [0, 0.1) is 13.8 Å². The van der Waals surface area contributed by atoms with Gasteiger partial charge in [-0.15, -0.1) is 0 Å². The number of nitrogens with one attached hydrogen (secondary N) is 1. The highest BCUT2D eigenvalue weighted by Crippen LogP contribution is 2.20. The topological polar surface area (TPSA) is 128 Å². The van der Waals surface area contributed by atoms with E-state index in [9.17, 15) is 14.4 Å². The van der Waals surface area contributed by atoms with Gasteiger partial charge in [-0.3, -0.25) is 4.79 Å². The van der Waals surface area contributed by atoms with Gasteiger partial charge in [0.25, 0.3) is 0 Å². The molecule has 0 aromatic heterocycles. The molecule has 0 unspecified atom stereocenters. The van der Waals surface area contributed by atoms with Crippen molar-refractivity contribution in [3.8, 4) is 0 Å². The Balaban J connectivity index is 0.00000119. The first-order valence-electron chi connectivity index (χ1n) is 8.79. The molecule has 0 aliphatic carbocycles. The first kappa shape index (κ1) is 24.4. The van der Waals surface area contributed by atoms with Crippen LogP contribution in [0.25, 0.3) is 0 Å². The van der Waals surface area contributed by atoms with E-state index in [0.29, 0.717) is 6.61 Å². The third-order valence-electron chi connectivity index (χ3n) is 3.46. The maximum absolute atomic E-state index is 11.9. The third-order valence-corrected chi connectivity index (χ3v) is 3.46. The average molecular weight is 382 g/mol. The number of rotatable bonds is 9. The van der Waals surface area contributed by atoms with Gasteiger partial charge in [0.05, 0.1) is 13.2 Å². The van der Waals surface area contributed by atoms with Crippen LogP contribution in [0.15, 0.2) is 18.2 Å². The van der Waals surface area contributed by atoms with E-state index in [2.05, 4.69) is 11.1 Å². The van der Waals surface area contributed by atoms with E-state index in [1.807, 2.05) is 39.0 Å². The molecule has 0 heterocycles. The van der Waals surface area contributed by atoms with Crippen molar-refractivity contribution < 1.29 is 29.0 Å². The minimum absolute atomic E-state index is 0.278. The number of aryl methyl sites for hydroxylation is 2. The summed E-state index contributed by atoms with van der Waals surface area (Å²) >= 11 is 0. The molecule has 0 fully saturated rings. The number of unbranched alkanes of at least 4 members (excludes halogenated alkanes) is 1. The molecule has 0 bridgehead atoms. The van der Waals surface area contributed by atoms with Gasteiger partial charge in [-0.1, -0.05) is 31.5 Å². The molecule has 152 valence electrons. The second kappa shape index (κ2) is 13.6. The van der Waals surface area contributed by atoms with Gasteiger partial charge in [0.15, 0.2) is 6.61 Å². The highest BCUT2D eigenvalue weighted by Gasteiger charge is 2.17. The van der Waals surface area contributed by atoms with Crippen molar-refractivity contribution in [1.29, 1.82) is 0 Å². The molecule has 1 atom stereocenters. The van der Waals surface area contributed by atoms with E-state index in [4.69, 9.17) is 14.6 Å². The van der Waals surface area contributed by atoms with Gasteiger partial charge in [0.2, 0.25) is 0 Å². The number of carboxylic acid groups (broad SMARTS) is 1. The largest absolute Gasteiger partial charge is 0.480 e. The number of ether oxygens (including phenoxy) is 2. The van der Waals surface area contributed by atoms with Crippen LogP contribution in [-0.2, 0) is 23.9 Å². The van der Waals surface area contributed by atoms with Crippen LogP contribution < -0.4 is 11.1 Å². The Bertz CT molecular complexity index is 598. The number of carbonyl (C=O) groups is 3. The summed E-state index contributed by atoms with van der Waals surface area (Å²) in [5.74, 6) is -1.96. The highest BCUT2D eigenvalue weighted by molar-refractivity contribution is 5.82. The van der Waals surface area contributed by atoms with E-state index in [1.54, 1.807) is 6.92 Å². The van der Waals surface area contributed by atoms with Crippen LogP contribution in [-0.4, -0.2) is 48.8 Å². The van der Waals surface area contributed by atoms with Crippen molar-refractivity contribution in [2.24, 2.45) is 5.73 Å². The second-order valence-electron chi connectivity index (χ2n) is 5.91. The van der Waals surface area contributed by atoms with Gasteiger partial charge in [0, 0.05) is 5.69 Å². The number of benzene rings is 1. The standard InChI is InChI=1S/C17H25NO4.C2H5NO2/c1-5-6-10-21-15(19)11-22-17(20)14(4)18-16-12(2)8-7-9-13(16)3;3-1-2(4)5/h7-9,14,18H,5-6,10-11H2,1-4H3;1,3H2,(H,4,5)/t14-;/m0./s1. The van der Waals surface area contributed by atoms with E-state index in [0.717, 1.165) is 29.7 Å². The molecule has 0 saturated carbocycles. The van der Waals surface area contributed by atoms with Crippen molar-refractivity contribution in [1.82, 2.24) is 0 Å². The highest BCUT2D eigenvalue weighted by atomic mass is 16.6. The predicted molar refractivity (Wildman–Crippen MR) is 103 cm³/mol. The van der Waals surface area contributed by atoms with Gasteiger partial charge >= 0.3 is 17.9 Å². The fourth-order valence-electron chi connectivity index (χ4n) is 1.94. The maximum Gasteiger partial charge on any atom is 0.344 e. The van der Waals surface area contributed by atoms with Gasteiger partial charge in [-0.05, 0) is 38.3 Å². The van der Waals surface area contributed by atoms with Crippen molar-refractivity contribution in [2.75, 3.05) is 25.1 Å². The first-order chi connectivity index (χ1) is 12.7. The van der Waals surface area contributed by atoms with Crippen LogP contribution in [0.1, 0.15) is 37.8 Å². The van der Waals surface area contributed by atoms with Crippen molar-refractivity contribution in [3.05, 3.63) is 29.3 Å². The summed E-state index contributed by atoms with van der Waals surface area (Å²) in [6.45, 7) is 7.40. The fraction of sp³-hybridized carbons (Fsp3) is 0.526. The summed E-state index contributed by atoms with van der Waals surface area (Å²) in [6.07, 6.45) is 1.76. The van der Waals surface area contributed by atoms with E-state index in [1.165, 1.54) is 0 Å². The lowest BCUT2D eigenvalue weighted by Gasteiger charge is -2.17. The molecule has 4 N–H and O–H groups in total. The number of carboxylic acids is 1. The summed E-state index contributed by atoms with van der Waals surface area (Å²) in [5, 5.41) is 10.7. The summed E-state index contributed by atoms with van der Waals surface area (Å²) in [4.78, 5) is 32.5. The Morgan fingerprint density at radius 2 is 1.74 bits per heavy atom. The van der Waals surface area contributed by atoms with Gasteiger partial charge in [-0.25, -0.2) is 9.59 Å². The lowest BCUT2D eigenvalue weighted by atomic mass is 10.1. The van der Waals surface area contributed by atoms with E-state index in [-0.39, 0.29) is 13.2 Å². The number of esters is 2. The van der Waals surface area contributed by atoms with Gasteiger partial charge < -0.3 is 25.6 Å². The van der Waals surface area contributed by atoms with Crippen LogP contribution in [0.5, 0.6) is 0 Å². The van der Waals surface area contributed by atoms with Gasteiger partial charge in [0.1, 0.15) is 6.04 Å². The quantitative estimate of drug-likeness (QED) is 0.437. The van der Waals surface area contributed by atoms with Crippen molar-refractivity contribution in [2.45, 2.75) is 46.6 Å². The second-order valence-corrected chi connectivity index (χ2v) is 5.91. The molecule has 0 amide bonds. The molecule has 0 aliphatic rings. The molecule has 8 nitrogen and oxygen atoms in total. The monoisotopic (exact) mass is 382 g/mol. The van der Waals surface area contributed by atoms with Crippen LogP contribution in [0.3, 0.4) is 0 Å². The maximum atomic E-state index is 11.9. The Morgan fingerprint density at radius 3 is 2.22 bits per heavy atom. The number of para-hydroxylation sites is 1. The number of anilines is 1. The molecule has 0 radical (unpaired) electrons. The van der Waals surface area contributed by atoms with Crippen molar-refractivity contribution in [3.63, 3.8) is 0 Å². The summed E-state index contributed by atoms with van der Waals surface area (Å²) in [7, 11) is 0. The number of hydrogen-bond acceptors (Lipinski definition) is 7.